The second-order valence-electron chi connectivity index (χ2n) is 2.71. The van der Waals surface area contributed by atoms with Gasteiger partial charge in [-0.3, -0.25) is 0 Å². The number of hydrogen-bond acceptors (Lipinski definition) is 1. The minimum Gasteiger partial charge on any atom is -0.465 e. The van der Waals surface area contributed by atoms with E-state index < -0.39 is 6.09 Å². The van der Waals surface area contributed by atoms with E-state index >= 15 is 0 Å². The molecule has 3 heteroatoms. The molecular weight excluding hydrogens is 142 g/mol. The van der Waals surface area contributed by atoms with Crippen molar-refractivity contribution in [2.75, 3.05) is 6.54 Å². The van der Waals surface area contributed by atoms with E-state index in [1.54, 1.807) is 0 Å². The van der Waals surface area contributed by atoms with Gasteiger partial charge in [-0.15, -0.1) is 0 Å². The fourth-order valence-corrected chi connectivity index (χ4v) is 1.21. The molecule has 0 spiro atoms. The molecule has 0 aliphatic rings. The van der Waals surface area contributed by atoms with Gasteiger partial charge in [-0.25, -0.2) is 4.79 Å². The van der Waals surface area contributed by atoms with E-state index in [-0.39, 0.29) is 6.04 Å². The first-order chi connectivity index (χ1) is 5.13. The van der Waals surface area contributed by atoms with Crippen LogP contribution in [0, 0.1) is 0 Å². The van der Waals surface area contributed by atoms with Crippen molar-refractivity contribution >= 4 is 6.09 Å². The Hall–Kier alpha value is -0.730. The van der Waals surface area contributed by atoms with Gasteiger partial charge in [0.15, 0.2) is 0 Å². The van der Waals surface area contributed by atoms with E-state index in [4.69, 9.17) is 5.11 Å². The van der Waals surface area contributed by atoms with Crippen molar-refractivity contribution in [2.24, 2.45) is 0 Å². The maximum absolute atomic E-state index is 10.6. The highest BCUT2D eigenvalue weighted by Gasteiger charge is 2.15. The van der Waals surface area contributed by atoms with Crippen LogP contribution in [-0.2, 0) is 0 Å². The molecule has 0 aromatic rings. The molecule has 0 saturated heterocycles. The Morgan fingerprint density at radius 2 is 2.09 bits per heavy atom. The molecule has 0 radical (unpaired) electrons. The van der Waals surface area contributed by atoms with Crippen LogP contribution in [0.2, 0.25) is 0 Å². The van der Waals surface area contributed by atoms with Crippen LogP contribution in [0.3, 0.4) is 0 Å². The molecule has 66 valence electrons. The summed E-state index contributed by atoms with van der Waals surface area (Å²) < 4.78 is 0. The minimum absolute atomic E-state index is 0.155. The van der Waals surface area contributed by atoms with E-state index in [0.717, 1.165) is 12.8 Å². The van der Waals surface area contributed by atoms with Gasteiger partial charge in [0, 0.05) is 12.6 Å². The normalized spacial score (nSPS) is 12.6. The lowest BCUT2D eigenvalue weighted by Crippen LogP contribution is -2.37. The zero-order valence-corrected chi connectivity index (χ0v) is 7.50. The second kappa shape index (κ2) is 4.99. The molecule has 0 aromatic heterocycles. The topological polar surface area (TPSA) is 40.5 Å². The largest absolute Gasteiger partial charge is 0.465 e. The van der Waals surface area contributed by atoms with Crippen LogP contribution in [0.25, 0.3) is 0 Å². The number of carbonyl (C=O) groups is 1. The van der Waals surface area contributed by atoms with Crippen LogP contribution >= 0.6 is 0 Å². The highest BCUT2D eigenvalue weighted by Crippen LogP contribution is 2.05. The minimum atomic E-state index is -0.812. The van der Waals surface area contributed by atoms with Crippen LogP contribution in [0.15, 0.2) is 0 Å². The van der Waals surface area contributed by atoms with Crippen LogP contribution in [-0.4, -0.2) is 28.7 Å². The van der Waals surface area contributed by atoms with Crippen LogP contribution in [0.4, 0.5) is 4.79 Å². The lowest BCUT2D eigenvalue weighted by molar-refractivity contribution is 0.128. The summed E-state index contributed by atoms with van der Waals surface area (Å²) >= 11 is 0. The van der Waals surface area contributed by atoms with Gasteiger partial charge in [-0.2, -0.15) is 0 Å². The predicted octanol–water partition coefficient (Wildman–Crippen LogP) is 2.17. The maximum atomic E-state index is 10.6. The maximum Gasteiger partial charge on any atom is 0.407 e. The SMILES string of the molecule is CCCC(C)N(CC)C(=O)O. The first-order valence-electron chi connectivity index (χ1n) is 4.13. The molecule has 0 fully saturated rings. The quantitative estimate of drug-likeness (QED) is 0.683. The summed E-state index contributed by atoms with van der Waals surface area (Å²) in [4.78, 5) is 12.0. The first kappa shape index (κ1) is 10.3. The molecule has 0 bridgehead atoms. The highest BCUT2D eigenvalue weighted by molar-refractivity contribution is 5.65. The number of rotatable bonds is 4. The Labute approximate surface area is 68.0 Å². The Morgan fingerprint density at radius 3 is 2.36 bits per heavy atom. The molecule has 0 aliphatic heterocycles. The Bertz CT molecular complexity index is 125. The molecule has 3 nitrogen and oxygen atoms in total. The fraction of sp³-hybridized carbons (Fsp3) is 0.875. The summed E-state index contributed by atoms with van der Waals surface area (Å²) in [6.45, 7) is 6.45. The zero-order chi connectivity index (χ0) is 8.85. The summed E-state index contributed by atoms with van der Waals surface area (Å²) in [5.74, 6) is 0. The molecule has 1 atom stereocenters. The third-order valence-electron chi connectivity index (χ3n) is 1.82. The van der Waals surface area contributed by atoms with E-state index in [2.05, 4.69) is 6.92 Å². The van der Waals surface area contributed by atoms with Gasteiger partial charge in [-0.05, 0) is 20.3 Å². The van der Waals surface area contributed by atoms with Crippen LogP contribution in [0.5, 0.6) is 0 Å². The molecule has 0 aromatic carbocycles. The Kier molecular flexibility index (Phi) is 4.66. The van der Waals surface area contributed by atoms with Gasteiger partial charge in [0.05, 0.1) is 0 Å². The van der Waals surface area contributed by atoms with E-state index in [9.17, 15) is 4.79 Å². The molecule has 1 unspecified atom stereocenters. The van der Waals surface area contributed by atoms with Crippen molar-refractivity contribution in [3.8, 4) is 0 Å². The van der Waals surface area contributed by atoms with Crippen LogP contribution < -0.4 is 0 Å². The van der Waals surface area contributed by atoms with Crippen molar-refractivity contribution in [3.63, 3.8) is 0 Å². The Morgan fingerprint density at radius 1 is 1.55 bits per heavy atom. The molecule has 0 heterocycles. The van der Waals surface area contributed by atoms with E-state index in [1.807, 2.05) is 13.8 Å². The lowest BCUT2D eigenvalue weighted by atomic mass is 10.2. The zero-order valence-electron chi connectivity index (χ0n) is 7.50. The summed E-state index contributed by atoms with van der Waals surface area (Å²) in [6, 6.07) is 0.155. The Balaban J connectivity index is 3.91. The summed E-state index contributed by atoms with van der Waals surface area (Å²) in [5, 5.41) is 8.70. The van der Waals surface area contributed by atoms with Gasteiger partial charge >= 0.3 is 6.09 Å². The summed E-state index contributed by atoms with van der Waals surface area (Å²) in [6.07, 6.45) is 1.17. The molecule has 1 amide bonds. The first-order valence-corrected chi connectivity index (χ1v) is 4.13. The van der Waals surface area contributed by atoms with Gasteiger partial charge in [-0.1, -0.05) is 13.3 Å². The van der Waals surface area contributed by atoms with E-state index in [0.29, 0.717) is 6.54 Å². The van der Waals surface area contributed by atoms with Gasteiger partial charge < -0.3 is 10.0 Å². The molecule has 0 saturated carbocycles. The molecule has 0 rings (SSSR count). The van der Waals surface area contributed by atoms with Gasteiger partial charge in [0.2, 0.25) is 0 Å². The van der Waals surface area contributed by atoms with Crippen molar-refractivity contribution in [3.05, 3.63) is 0 Å². The predicted molar refractivity (Wildman–Crippen MR) is 44.8 cm³/mol. The number of hydrogen-bond donors (Lipinski definition) is 1. The lowest BCUT2D eigenvalue weighted by Gasteiger charge is -2.24. The summed E-state index contributed by atoms with van der Waals surface area (Å²) in [5.41, 5.74) is 0. The monoisotopic (exact) mass is 159 g/mol. The van der Waals surface area contributed by atoms with Gasteiger partial charge in [0.25, 0.3) is 0 Å². The fourth-order valence-electron chi connectivity index (χ4n) is 1.21. The second-order valence-corrected chi connectivity index (χ2v) is 2.71. The van der Waals surface area contributed by atoms with Crippen molar-refractivity contribution in [2.45, 2.75) is 39.7 Å². The van der Waals surface area contributed by atoms with Crippen molar-refractivity contribution < 1.29 is 9.90 Å². The molecule has 0 aliphatic carbocycles. The van der Waals surface area contributed by atoms with Gasteiger partial charge in [0.1, 0.15) is 0 Å². The number of amides is 1. The summed E-state index contributed by atoms with van der Waals surface area (Å²) in [7, 11) is 0. The third-order valence-corrected chi connectivity index (χ3v) is 1.82. The number of carboxylic acid groups (broad SMARTS) is 1. The third kappa shape index (κ3) is 3.25. The molecular formula is C8H17NO2. The number of nitrogens with zero attached hydrogens (tertiary/aromatic N) is 1. The van der Waals surface area contributed by atoms with Crippen molar-refractivity contribution in [1.82, 2.24) is 4.90 Å². The van der Waals surface area contributed by atoms with E-state index in [1.165, 1.54) is 4.90 Å². The smallest absolute Gasteiger partial charge is 0.407 e. The standard InChI is InChI=1S/C8H17NO2/c1-4-6-7(3)9(5-2)8(10)11/h7H,4-6H2,1-3H3,(H,10,11). The molecule has 11 heavy (non-hydrogen) atoms. The van der Waals surface area contributed by atoms with Crippen LogP contribution in [0.1, 0.15) is 33.6 Å². The average Bonchev–Trinajstić information content (AvgIpc) is 1.88. The van der Waals surface area contributed by atoms with Crippen molar-refractivity contribution in [1.29, 1.82) is 0 Å². The average molecular weight is 159 g/mol. The highest BCUT2D eigenvalue weighted by atomic mass is 16.4. The molecule has 1 N–H and O–H groups in total.